The summed E-state index contributed by atoms with van der Waals surface area (Å²) in [6.45, 7) is 3.00. The molecule has 1 heterocycles. The van der Waals surface area contributed by atoms with Gasteiger partial charge in [-0.05, 0) is 6.42 Å². The summed E-state index contributed by atoms with van der Waals surface area (Å²) < 4.78 is 6.47. The monoisotopic (exact) mass is 269 g/mol. The van der Waals surface area contributed by atoms with E-state index in [-0.39, 0.29) is 13.0 Å². The summed E-state index contributed by atoms with van der Waals surface area (Å²) in [6.07, 6.45) is 4.17. The maximum Gasteiger partial charge on any atom is 0.326 e. The summed E-state index contributed by atoms with van der Waals surface area (Å²) in [5.74, 6) is -1.52. The highest BCUT2D eigenvalue weighted by atomic mass is 16.5. The number of aryl methyl sites for hydroxylation is 1. The molecule has 1 unspecified atom stereocenters. The predicted molar refractivity (Wildman–Crippen MR) is 67.9 cm³/mol. The second-order valence-electron chi connectivity index (χ2n) is 4.14. The molecule has 0 saturated heterocycles. The number of rotatable bonds is 8. The van der Waals surface area contributed by atoms with E-state index >= 15 is 0 Å². The van der Waals surface area contributed by atoms with Crippen LogP contribution in [0.1, 0.15) is 30.1 Å². The minimum atomic E-state index is -1.08. The zero-order valence-corrected chi connectivity index (χ0v) is 11.1. The van der Waals surface area contributed by atoms with Gasteiger partial charge in [-0.3, -0.25) is 9.48 Å². The molecule has 1 atom stereocenters. The lowest BCUT2D eigenvalue weighted by atomic mass is 10.2. The Kier molecular flexibility index (Phi) is 6.01. The Labute approximate surface area is 111 Å². The lowest BCUT2D eigenvalue weighted by Crippen LogP contribution is -2.41. The van der Waals surface area contributed by atoms with Crippen LogP contribution in [0.3, 0.4) is 0 Å². The van der Waals surface area contributed by atoms with Crippen molar-refractivity contribution in [1.82, 2.24) is 15.1 Å². The van der Waals surface area contributed by atoms with Crippen LogP contribution < -0.4 is 5.32 Å². The van der Waals surface area contributed by atoms with E-state index < -0.39 is 17.9 Å². The van der Waals surface area contributed by atoms with Gasteiger partial charge in [-0.15, -0.1) is 0 Å². The largest absolute Gasteiger partial charge is 0.480 e. The number of hydrogen-bond acceptors (Lipinski definition) is 4. The lowest BCUT2D eigenvalue weighted by Gasteiger charge is -2.13. The van der Waals surface area contributed by atoms with E-state index in [1.165, 1.54) is 13.3 Å². The van der Waals surface area contributed by atoms with E-state index in [1.807, 2.05) is 6.92 Å². The van der Waals surface area contributed by atoms with Gasteiger partial charge in [0.15, 0.2) is 0 Å². The second-order valence-corrected chi connectivity index (χ2v) is 4.14. The maximum absolute atomic E-state index is 11.9. The quantitative estimate of drug-likeness (QED) is 0.717. The van der Waals surface area contributed by atoms with Gasteiger partial charge >= 0.3 is 5.97 Å². The molecule has 7 heteroatoms. The fraction of sp³-hybridized carbons (Fsp3) is 0.583. The first-order valence-electron chi connectivity index (χ1n) is 6.13. The number of carboxylic acid groups (broad SMARTS) is 1. The molecule has 0 spiro atoms. The smallest absolute Gasteiger partial charge is 0.326 e. The summed E-state index contributed by atoms with van der Waals surface area (Å²) in [5, 5.41) is 15.5. The Morgan fingerprint density at radius 1 is 1.58 bits per heavy atom. The molecule has 1 aromatic heterocycles. The molecule has 0 bridgehead atoms. The second kappa shape index (κ2) is 7.52. The predicted octanol–water partition coefficient (Wildman–Crippen LogP) is 0.513. The molecule has 2 N–H and O–H groups in total. The van der Waals surface area contributed by atoms with Gasteiger partial charge < -0.3 is 15.2 Å². The van der Waals surface area contributed by atoms with Crippen molar-refractivity contribution >= 4 is 11.9 Å². The number of carbonyl (C=O) groups excluding carboxylic acids is 1. The third-order valence-corrected chi connectivity index (χ3v) is 2.56. The fourth-order valence-electron chi connectivity index (χ4n) is 1.57. The molecule has 1 rings (SSSR count). The summed E-state index contributed by atoms with van der Waals surface area (Å²) in [5.41, 5.74) is 0.358. The number of methoxy groups -OCH3 is 1. The summed E-state index contributed by atoms with van der Waals surface area (Å²) in [7, 11) is 1.48. The van der Waals surface area contributed by atoms with Gasteiger partial charge in [0.1, 0.15) is 6.04 Å². The third kappa shape index (κ3) is 4.70. The van der Waals surface area contributed by atoms with Crippen molar-refractivity contribution in [3.05, 3.63) is 18.0 Å². The summed E-state index contributed by atoms with van der Waals surface area (Å²) in [4.78, 5) is 22.9. The first kappa shape index (κ1) is 15.2. The molecule has 7 nitrogen and oxygen atoms in total. The highest BCUT2D eigenvalue weighted by molar-refractivity contribution is 5.96. The van der Waals surface area contributed by atoms with E-state index in [4.69, 9.17) is 9.84 Å². The highest BCUT2D eigenvalue weighted by Crippen LogP contribution is 2.01. The molecule has 1 aromatic rings. The Morgan fingerprint density at radius 2 is 2.32 bits per heavy atom. The van der Waals surface area contributed by atoms with E-state index in [2.05, 4.69) is 10.4 Å². The van der Waals surface area contributed by atoms with Crippen LogP contribution >= 0.6 is 0 Å². The molecule has 1 amide bonds. The van der Waals surface area contributed by atoms with E-state index in [9.17, 15) is 9.59 Å². The number of carbonyl (C=O) groups is 2. The number of nitrogens with zero attached hydrogens (tertiary/aromatic N) is 2. The maximum atomic E-state index is 11.9. The molecule has 0 aliphatic heterocycles. The molecule has 0 fully saturated rings. The van der Waals surface area contributed by atoms with Crippen LogP contribution in [-0.4, -0.2) is 46.5 Å². The summed E-state index contributed by atoms with van der Waals surface area (Å²) in [6, 6.07) is -0.957. The lowest BCUT2D eigenvalue weighted by molar-refractivity contribution is -0.139. The molecular formula is C12H19N3O4. The van der Waals surface area contributed by atoms with Crippen LogP contribution in [0, 0.1) is 0 Å². The van der Waals surface area contributed by atoms with Crippen molar-refractivity contribution in [1.29, 1.82) is 0 Å². The number of hydrogen-bond donors (Lipinski definition) is 2. The third-order valence-electron chi connectivity index (χ3n) is 2.56. The average molecular weight is 269 g/mol. The van der Waals surface area contributed by atoms with Crippen molar-refractivity contribution in [3.63, 3.8) is 0 Å². The number of aliphatic carboxylic acids is 1. The van der Waals surface area contributed by atoms with Gasteiger partial charge in [0, 0.05) is 32.9 Å². The Hall–Kier alpha value is -1.89. The molecule has 0 aromatic carbocycles. The van der Waals surface area contributed by atoms with Crippen LogP contribution in [0.4, 0.5) is 0 Å². The molecule has 0 aliphatic carbocycles. The molecule has 0 saturated carbocycles. The Morgan fingerprint density at radius 3 is 2.89 bits per heavy atom. The van der Waals surface area contributed by atoms with Crippen LogP contribution in [-0.2, 0) is 16.1 Å². The highest BCUT2D eigenvalue weighted by Gasteiger charge is 2.20. The van der Waals surface area contributed by atoms with Gasteiger partial charge in [0.2, 0.25) is 0 Å². The van der Waals surface area contributed by atoms with Crippen LogP contribution in [0.25, 0.3) is 0 Å². The average Bonchev–Trinajstić information content (AvgIpc) is 2.83. The van der Waals surface area contributed by atoms with Crippen molar-refractivity contribution < 1.29 is 19.4 Å². The van der Waals surface area contributed by atoms with Crippen molar-refractivity contribution in [3.8, 4) is 0 Å². The van der Waals surface area contributed by atoms with E-state index in [0.29, 0.717) is 5.56 Å². The molecule has 0 aliphatic rings. The normalized spacial score (nSPS) is 12.1. The SMILES string of the molecule is CCCn1cc(C(=O)NC(CCOC)C(=O)O)cn1. The van der Waals surface area contributed by atoms with Crippen molar-refractivity contribution in [2.45, 2.75) is 32.4 Å². The topological polar surface area (TPSA) is 93.5 Å². The first-order chi connectivity index (χ1) is 9.08. The zero-order valence-electron chi connectivity index (χ0n) is 11.1. The van der Waals surface area contributed by atoms with E-state index in [0.717, 1.165) is 13.0 Å². The van der Waals surface area contributed by atoms with Gasteiger partial charge in [-0.1, -0.05) is 6.92 Å². The minimum Gasteiger partial charge on any atom is -0.480 e. The Balaban J connectivity index is 2.62. The minimum absolute atomic E-state index is 0.223. The Bertz CT molecular complexity index is 430. The molecular weight excluding hydrogens is 250 g/mol. The molecule has 106 valence electrons. The van der Waals surface area contributed by atoms with Gasteiger partial charge in [0.25, 0.3) is 5.91 Å². The van der Waals surface area contributed by atoms with Gasteiger partial charge in [-0.25, -0.2) is 4.79 Å². The number of aromatic nitrogens is 2. The number of nitrogens with one attached hydrogen (secondary N) is 1. The number of ether oxygens (including phenoxy) is 1. The van der Waals surface area contributed by atoms with E-state index in [1.54, 1.807) is 10.9 Å². The fourth-order valence-corrected chi connectivity index (χ4v) is 1.57. The number of carboxylic acids is 1. The summed E-state index contributed by atoms with van der Waals surface area (Å²) >= 11 is 0. The van der Waals surface area contributed by atoms with Crippen LogP contribution in [0.2, 0.25) is 0 Å². The number of amides is 1. The molecule has 19 heavy (non-hydrogen) atoms. The van der Waals surface area contributed by atoms with Crippen molar-refractivity contribution in [2.24, 2.45) is 0 Å². The van der Waals surface area contributed by atoms with Crippen molar-refractivity contribution in [2.75, 3.05) is 13.7 Å². The first-order valence-corrected chi connectivity index (χ1v) is 6.13. The zero-order chi connectivity index (χ0) is 14.3. The van der Waals surface area contributed by atoms with Gasteiger partial charge in [0.05, 0.1) is 11.8 Å². The standard InChI is InChI=1S/C12H19N3O4/c1-3-5-15-8-9(7-13-15)11(16)14-10(12(17)18)4-6-19-2/h7-8,10H,3-6H2,1-2H3,(H,14,16)(H,17,18). The van der Waals surface area contributed by atoms with Gasteiger partial charge in [-0.2, -0.15) is 5.10 Å². The molecule has 0 radical (unpaired) electrons. The van der Waals surface area contributed by atoms with Crippen LogP contribution in [0.5, 0.6) is 0 Å². The van der Waals surface area contributed by atoms with Crippen LogP contribution in [0.15, 0.2) is 12.4 Å².